The summed E-state index contributed by atoms with van der Waals surface area (Å²) in [6.07, 6.45) is 4.94. The maximum absolute atomic E-state index is 15.5. The highest BCUT2D eigenvalue weighted by Crippen LogP contribution is 2.38. The molecule has 3 aromatic carbocycles. The number of ether oxygens (including phenoxy) is 3. The van der Waals surface area contributed by atoms with Crippen LogP contribution >= 0.6 is 11.6 Å². The lowest BCUT2D eigenvalue weighted by atomic mass is 9.99. The van der Waals surface area contributed by atoms with Gasteiger partial charge in [0, 0.05) is 47.0 Å². The van der Waals surface area contributed by atoms with E-state index in [1.165, 1.54) is 31.0 Å². The monoisotopic (exact) mass is 685 g/mol. The number of halogens is 2. The molecule has 1 aliphatic rings. The molecule has 3 heterocycles. The van der Waals surface area contributed by atoms with Gasteiger partial charge in [0.05, 0.1) is 24.9 Å². The summed E-state index contributed by atoms with van der Waals surface area (Å²) in [4.78, 5) is 32.8. The van der Waals surface area contributed by atoms with Crippen molar-refractivity contribution in [3.05, 3.63) is 105 Å². The van der Waals surface area contributed by atoms with Crippen molar-refractivity contribution in [1.82, 2.24) is 19.7 Å². The second-order valence-corrected chi connectivity index (χ2v) is 12.6. The number of anilines is 1. The first kappa shape index (κ1) is 33.9. The minimum Gasteiger partial charge on any atom is -0.493 e. The Bertz CT molecular complexity index is 2030. The number of rotatable bonds is 11. The number of nitrogens with one attached hydrogen (secondary N) is 1. The Morgan fingerprint density at radius 1 is 1.00 bits per heavy atom. The Kier molecular flexibility index (Phi) is 10.4. The number of pyridine rings is 1. The Labute approximate surface area is 288 Å². The number of hydrogen-bond acceptors (Lipinski definition) is 8. The molecule has 5 aromatic rings. The van der Waals surface area contributed by atoms with Gasteiger partial charge >= 0.3 is 0 Å². The second kappa shape index (κ2) is 15.0. The van der Waals surface area contributed by atoms with E-state index in [9.17, 15) is 9.59 Å². The molecule has 0 saturated carbocycles. The molecule has 0 aliphatic carbocycles. The highest BCUT2D eigenvalue weighted by Gasteiger charge is 2.19. The van der Waals surface area contributed by atoms with Gasteiger partial charge in [-0.3, -0.25) is 14.6 Å². The number of carbonyl (C=O) groups excluding carboxylic acids is 1. The third-order valence-electron chi connectivity index (χ3n) is 8.56. The Hall–Kier alpha value is -5.00. The summed E-state index contributed by atoms with van der Waals surface area (Å²) in [6.45, 7) is 7.69. The van der Waals surface area contributed by atoms with Gasteiger partial charge in [0.15, 0.2) is 28.8 Å². The first-order valence-electron chi connectivity index (χ1n) is 16.2. The largest absolute Gasteiger partial charge is 0.493 e. The van der Waals surface area contributed by atoms with Crippen molar-refractivity contribution in [1.29, 1.82) is 0 Å². The zero-order valence-electron chi connectivity index (χ0n) is 27.5. The van der Waals surface area contributed by atoms with Gasteiger partial charge in [0.1, 0.15) is 5.75 Å². The molecule has 1 saturated heterocycles. The number of nitrogens with zero attached hydrogens (tertiary/aromatic N) is 4. The molecule has 1 fully saturated rings. The molecule has 0 bridgehead atoms. The minimum atomic E-state index is -0.737. The van der Waals surface area contributed by atoms with Crippen LogP contribution in [0.4, 0.5) is 10.1 Å². The maximum Gasteiger partial charge on any atom is 0.276 e. The topological polar surface area (TPSA) is 108 Å². The third kappa shape index (κ3) is 8.01. The molecule has 254 valence electrons. The van der Waals surface area contributed by atoms with Crippen LogP contribution < -0.4 is 25.1 Å². The van der Waals surface area contributed by atoms with Crippen LogP contribution in [0, 0.1) is 18.7 Å². The highest BCUT2D eigenvalue weighted by molar-refractivity contribution is 6.30. The summed E-state index contributed by atoms with van der Waals surface area (Å²) >= 11 is 5.93. The molecule has 1 N–H and O–H groups in total. The van der Waals surface area contributed by atoms with E-state index >= 15 is 4.39 Å². The van der Waals surface area contributed by atoms with Crippen molar-refractivity contribution in [2.45, 2.75) is 33.1 Å². The van der Waals surface area contributed by atoms with Gasteiger partial charge in [-0.25, -0.2) is 4.39 Å². The number of fused-ring (bicyclic) bond motifs is 1. The number of benzene rings is 3. The molecule has 1 amide bonds. The number of methoxy groups -OCH3 is 1. The summed E-state index contributed by atoms with van der Waals surface area (Å²) in [5.41, 5.74) is 1.06. The van der Waals surface area contributed by atoms with Gasteiger partial charge in [0.2, 0.25) is 0 Å². The Balaban J connectivity index is 1.18. The molecule has 12 heteroatoms. The molecular weight excluding hydrogens is 649 g/mol. The number of piperidine rings is 1. The normalized spacial score (nSPS) is 13.7. The van der Waals surface area contributed by atoms with E-state index < -0.39 is 17.3 Å². The fraction of sp³-hybridized carbons (Fsp3) is 0.297. The van der Waals surface area contributed by atoms with Crippen molar-refractivity contribution < 1.29 is 23.4 Å². The van der Waals surface area contributed by atoms with Crippen LogP contribution in [0.2, 0.25) is 5.02 Å². The van der Waals surface area contributed by atoms with Crippen LogP contribution in [0.3, 0.4) is 0 Å². The van der Waals surface area contributed by atoms with Gasteiger partial charge in [-0.05, 0) is 99.3 Å². The SMILES string of the molecule is COc1cc2c(Oc3ccc(-n4nc(C(=O)Nc5ccc(Cl)cc5)c(C)cc4=O)cc3F)ccnc2cc1OCCCN1CCC(C)CC1. The van der Waals surface area contributed by atoms with Gasteiger partial charge in [-0.2, -0.15) is 9.78 Å². The summed E-state index contributed by atoms with van der Waals surface area (Å²) in [7, 11) is 1.56. The van der Waals surface area contributed by atoms with Crippen LogP contribution in [0.1, 0.15) is 42.2 Å². The number of aryl methyl sites for hydroxylation is 1. The molecular formula is C37H37ClFN5O5. The van der Waals surface area contributed by atoms with E-state index in [4.69, 9.17) is 25.8 Å². The number of amides is 1. The van der Waals surface area contributed by atoms with E-state index in [1.54, 1.807) is 62.7 Å². The predicted molar refractivity (Wildman–Crippen MR) is 187 cm³/mol. The van der Waals surface area contributed by atoms with Crippen LogP contribution in [-0.2, 0) is 0 Å². The zero-order chi connectivity index (χ0) is 34.5. The van der Waals surface area contributed by atoms with Crippen molar-refractivity contribution >= 4 is 34.1 Å². The van der Waals surface area contributed by atoms with E-state index in [0.717, 1.165) is 42.7 Å². The van der Waals surface area contributed by atoms with Gasteiger partial charge in [-0.15, -0.1) is 0 Å². The van der Waals surface area contributed by atoms with Crippen molar-refractivity contribution in [3.8, 4) is 28.7 Å². The number of hydrogen-bond donors (Lipinski definition) is 1. The molecule has 2 aromatic heterocycles. The Morgan fingerprint density at radius 3 is 2.51 bits per heavy atom. The number of likely N-dealkylation sites (tertiary alicyclic amines) is 1. The number of carbonyl (C=O) groups is 1. The minimum absolute atomic E-state index is 0.00694. The first-order chi connectivity index (χ1) is 23.7. The summed E-state index contributed by atoms with van der Waals surface area (Å²) in [5.74, 6) is 0.878. The zero-order valence-corrected chi connectivity index (χ0v) is 28.3. The second-order valence-electron chi connectivity index (χ2n) is 12.2. The summed E-state index contributed by atoms with van der Waals surface area (Å²) < 4.78 is 34.2. The van der Waals surface area contributed by atoms with Gasteiger partial charge in [-0.1, -0.05) is 18.5 Å². The quantitative estimate of drug-likeness (QED) is 0.143. The predicted octanol–water partition coefficient (Wildman–Crippen LogP) is 7.44. The molecule has 49 heavy (non-hydrogen) atoms. The van der Waals surface area contributed by atoms with Crippen LogP contribution in [0.5, 0.6) is 23.0 Å². The van der Waals surface area contributed by atoms with Crippen molar-refractivity contribution in [2.75, 3.05) is 38.7 Å². The lowest BCUT2D eigenvalue weighted by Gasteiger charge is -2.30. The van der Waals surface area contributed by atoms with E-state index in [-0.39, 0.29) is 17.1 Å². The average Bonchev–Trinajstić information content (AvgIpc) is 3.09. The van der Waals surface area contributed by atoms with E-state index in [0.29, 0.717) is 51.0 Å². The first-order valence-corrected chi connectivity index (χ1v) is 16.5. The van der Waals surface area contributed by atoms with E-state index in [1.807, 2.05) is 0 Å². The summed E-state index contributed by atoms with van der Waals surface area (Å²) in [6, 6.07) is 17.0. The molecule has 10 nitrogen and oxygen atoms in total. The van der Waals surface area contributed by atoms with Crippen molar-refractivity contribution in [2.24, 2.45) is 5.92 Å². The summed E-state index contributed by atoms with van der Waals surface area (Å²) in [5, 5.41) is 8.11. The van der Waals surface area contributed by atoms with Crippen LogP contribution in [0.15, 0.2) is 77.7 Å². The molecule has 0 atom stereocenters. The lowest BCUT2D eigenvalue weighted by Crippen LogP contribution is -2.34. The Morgan fingerprint density at radius 2 is 1.78 bits per heavy atom. The molecule has 0 unspecified atom stereocenters. The lowest BCUT2D eigenvalue weighted by molar-refractivity contribution is 0.102. The standard InChI is InChI=1S/C37H37ClFN5O5/c1-23-12-16-43(17-13-23)15-4-18-48-34-22-30-28(21-33(34)47-3)31(11-14-40-30)49-32-10-9-27(20-29(32)39)44-35(45)19-24(2)36(42-44)37(46)41-26-7-5-25(38)6-8-26/h5-11,14,19-23H,4,12-13,15-18H2,1-3H3,(H,41,46). The van der Waals surface area contributed by atoms with Crippen LogP contribution in [-0.4, -0.2) is 58.9 Å². The fourth-order valence-corrected chi connectivity index (χ4v) is 5.87. The fourth-order valence-electron chi connectivity index (χ4n) is 5.74. The third-order valence-corrected chi connectivity index (χ3v) is 8.81. The van der Waals surface area contributed by atoms with Gasteiger partial charge in [0.25, 0.3) is 11.5 Å². The smallest absolute Gasteiger partial charge is 0.276 e. The molecule has 6 rings (SSSR count). The average molecular weight is 686 g/mol. The molecule has 0 radical (unpaired) electrons. The number of aromatic nitrogens is 3. The maximum atomic E-state index is 15.5. The van der Waals surface area contributed by atoms with Crippen molar-refractivity contribution in [3.63, 3.8) is 0 Å². The van der Waals surface area contributed by atoms with E-state index in [2.05, 4.69) is 27.2 Å². The molecule has 0 spiro atoms. The van der Waals surface area contributed by atoms with Gasteiger partial charge < -0.3 is 24.4 Å². The highest BCUT2D eigenvalue weighted by atomic mass is 35.5. The van der Waals surface area contributed by atoms with Crippen LogP contribution in [0.25, 0.3) is 16.6 Å². The molecule has 1 aliphatic heterocycles.